The van der Waals surface area contributed by atoms with E-state index in [0.717, 1.165) is 17.2 Å². The number of carbonyl (C=O) groups is 1. The van der Waals surface area contributed by atoms with Crippen LogP contribution in [0.3, 0.4) is 0 Å². The van der Waals surface area contributed by atoms with E-state index >= 15 is 0 Å². The van der Waals surface area contributed by atoms with Crippen molar-refractivity contribution >= 4 is 17.2 Å². The molecule has 0 atom stereocenters. The number of nitrogens with zero attached hydrogens (tertiary/aromatic N) is 3. The van der Waals surface area contributed by atoms with Crippen molar-refractivity contribution in [3.8, 4) is 11.8 Å². The molecule has 1 amide bonds. The first-order valence-corrected chi connectivity index (χ1v) is 7.58. The molecule has 2 aromatic rings. The van der Waals surface area contributed by atoms with Gasteiger partial charge in [-0.3, -0.25) is 4.79 Å². The molecule has 0 bridgehead atoms. The molecule has 0 fully saturated rings. The van der Waals surface area contributed by atoms with E-state index in [1.165, 1.54) is 11.3 Å². The van der Waals surface area contributed by atoms with Crippen LogP contribution >= 0.6 is 11.3 Å². The van der Waals surface area contributed by atoms with Gasteiger partial charge in [0.1, 0.15) is 5.82 Å². The minimum absolute atomic E-state index is 0.0319. The Morgan fingerprint density at radius 2 is 2.33 bits per heavy atom. The summed E-state index contributed by atoms with van der Waals surface area (Å²) in [4.78, 5) is 20.1. The van der Waals surface area contributed by atoms with Crippen LogP contribution < -0.4 is 0 Å². The third-order valence-electron chi connectivity index (χ3n) is 3.30. The zero-order chi connectivity index (χ0) is 14.7. The zero-order valence-corrected chi connectivity index (χ0v) is 12.3. The molecule has 0 radical (unpaired) electrons. The van der Waals surface area contributed by atoms with Crippen LogP contribution in [0.4, 0.5) is 0 Å². The van der Waals surface area contributed by atoms with Crippen LogP contribution in [0.25, 0.3) is 0 Å². The predicted molar refractivity (Wildman–Crippen MR) is 79.9 cm³/mol. The summed E-state index contributed by atoms with van der Waals surface area (Å²) >= 11 is 1.39. The van der Waals surface area contributed by atoms with Crippen LogP contribution in [-0.4, -0.2) is 38.6 Å². The lowest BCUT2D eigenvalue weighted by atomic mass is 10.3. The van der Waals surface area contributed by atoms with Crippen LogP contribution in [0.15, 0.2) is 24.5 Å². The topological polar surface area (TPSA) is 58.4 Å². The van der Waals surface area contributed by atoms with Crippen LogP contribution in [0.1, 0.15) is 26.8 Å². The van der Waals surface area contributed by atoms with Gasteiger partial charge >= 0.3 is 0 Å². The molecular formula is C15H15N3O2S. The molecular weight excluding hydrogens is 286 g/mol. The van der Waals surface area contributed by atoms with Crippen molar-refractivity contribution in [3.05, 3.63) is 40.1 Å². The smallest absolute Gasteiger partial charge is 0.264 e. The second kappa shape index (κ2) is 6.12. The first-order valence-electron chi connectivity index (χ1n) is 6.77. The highest BCUT2D eigenvalue weighted by Crippen LogP contribution is 2.20. The Hall–Kier alpha value is -2.10. The van der Waals surface area contributed by atoms with E-state index in [2.05, 4.69) is 21.4 Å². The molecule has 0 saturated carbocycles. The van der Waals surface area contributed by atoms with Gasteiger partial charge < -0.3 is 14.6 Å². The Kier molecular flexibility index (Phi) is 4.04. The standard InChI is InChI=1S/C15H15N3O2S/c19-10-2-1-3-12-4-5-13(21-12)15(20)18-9-8-17-7-6-16-14(17)11-18/h4-7,19H,2,8-11H2. The maximum atomic E-state index is 12.5. The Bertz CT molecular complexity index is 708. The third-order valence-corrected chi connectivity index (χ3v) is 4.29. The number of aliphatic hydroxyl groups excluding tert-OH is 1. The van der Waals surface area contributed by atoms with E-state index in [1.54, 1.807) is 6.20 Å². The van der Waals surface area contributed by atoms with Crippen LogP contribution in [0.5, 0.6) is 0 Å². The Labute approximate surface area is 126 Å². The third kappa shape index (κ3) is 2.99. The number of aliphatic hydroxyl groups is 1. The molecule has 0 unspecified atom stereocenters. The molecule has 5 nitrogen and oxygen atoms in total. The molecule has 1 aliphatic rings. The SMILES string of the molecule is O=C(c1ccc(C#CCCO)s1)N1CCn2ccnc2C1. The largest absolute Gasteiger partial charge is 0.395 e. The molecule has 1 N–H and O–H groups in total. The van der Waals surface area contributed by atoms with Crippen molar-refractivity contribution in [1.29, 1.82) is 0 Å². The number of rotatable bonds is 2. The van der Waals surface area contributed by atoms with Gasteiger partial charge in [0.15, 0.2) is 0 Å². The summed E-state index contributed by atoms with van der Waals surface area (Å²) in [5.41, 5.74) is 0. The number of thiophene rings is 1. The summed E-state index contributed by atoms with van der Waals surface area (Å²) in [7, 11) is 0. The first kappa shape index (κ1) is 13.9. The van der Waals surface area contributed by atoms with Crippen molar-refractivity contribution in [3.63, 3.8) is 0 Å². The summed E-state index contributed by atoms with van der Waals surface area (Å²) in [6, 6.07) is 3.67. The van der Waals surface area contributed by atoms with Gasteiger partial charge in [0, 0.05) is 31.9 Å². The molecule has 0 spiro atoms. The number of hydrogen-bond acceptors (Lipinski definition) is 4. The first-order chi connectivity index (χ1) is 10.3. The summed E-state index contributed by atoms with van der Waals surface area (Å²) in [5.74, 6) is 6.78. The van der Waals surface area contributed by atoms with Gasteiger partial charge in [-0.2, -0.15) is 0 Å². The molecule has 3 heterocycles. The van der Waals surface area contributed by atoms with Crippen LogP contribution in [0, 0.1) is 11.8 Å². The van der Waals surface area contributed by atoms with Gasteiger partial charge in [0.2, 0.25) is 0 Å². The molecule has 3 rings (SSSR count). The summed E-state index contributed by atoms with van der Waals surface area (Å²) in [6.45, 7) is 2.10. The Morgan fingerprint density at radius 1 is 1.43 bits per heavy atom. The monoisotopic (exact) mass is 301 g/mol. The Balaban J connectivity index is 1.70. The van der Waals surface area contributed by atoms with Crippen molar-refractivity contribution in [2.75, 3.05) is 13.2 Å². The van der Waals surface area contributed by atoms with Crippen LogP contribution in [0.2, 0.25) is 0 Å². The average molecular weight is 301 g/mol. The fourth-order valence-electron chi connectivity index (χ4n) is 2.23. The quantitative estimate of drug-likeness (QED) is 0.852. The highest BCUT2D eigenvalue weighted by Gasteiger charge is 2.23. The van der Waals surface area contributed by atoms with E-state index in [-0.39, 0.29) is 12.5 Å². The summed E-state index contributed by atoms with van der Waals surface area (Å²) in [6.07, 6.45) is 4.16. The van der Waals surface area contributed by atoms with Gasteiger partial charge in [0.25, 0.3) is 5.91 Å². The maximum absolute atomic E-state index is 12.5. The van der Waals surface area contributed by atoms with Gasteiger partial charge in [-0.15, -0.1) is 11.3 Å². The Morgan fingerprint density at radius 3 is 3.19 bits per heavy atom. The zero-order valence-electron chi connectivity index (χ0n) is 11.5. The second-order valence-electron chi connectivity index (χ2n) is 4.70. The fraction of sp³-hybridized carbons (Fsp3) is 0.333. The van der Waals surface area contributed by atoms with Crippen molar-refractivity contribution in [1.82, 2.24) is 14.5 Å². The normalized spacial score (nSPS) is 13.5. The fourth-order valence-corrected chi connectivity index (χ4v) is 3.08. The molecule has 0 aliphatic carbocycles. The lowest BCUT2D eigenvalue weighted by Gasteiger charge is -2.27. The van der Waals surface area contributed by atoms with Crippen molar-refractivity contribution < 1.29 is 9.90 Å². The second-order valence-corrected chi connectivity index (χ2v) is 5.79. The lowest BCUT2D eigenvalue weighted by molar-refractivity contribution is 0.0712. The van der Waals surface area contributed by atoms with E-state index in [1.807, 2.05) is 23.2 Å². The summed E-state index contributed by atoms with van der Waals surface area (Å²) < 4.78 is 2.07. The van der Waals surface area contributed by atoms with Gasteiger partial charge in [-0.05, 0) is 12.1 Å². The maximum Gasteiger partial charge on any atom is 0.264 e. The van der Waals surface area contributed by atoms with E-state index in [9.17, 15) is 4.79 Å². The van der Waals surface area contributed by atoms with Crippen molar-refractivity contribution in [2.24, 2.45) is 0 Å². The molecule has 0 aromatic carbocycles. The molecule has 6 heteroatoms. The van der Waals surface area contributed by atoms with E-state index in [0.29, 0.717) is 24.4 Å². The average Bonchev–Trinajstić information content (AvgIpc) is 3.15. The lowest BCUT2D eigenvalue weighted by Crippen LogP contribution is -2.37. The minimum Gasteiger partial charge on any atom is -0.395 e. The number of carbonyl (C=O) groups excluding carboxylic acids is 1. The highest BCUT2D eigenvalue weighted by atomic mass is 32.1. The van der Waals surface area contributed by atoms with Gasteiger partial charge in [-0.25, -0.2) is 4.98 Å². The minimum atomic E-state index is 0.0319. The molecule has 1 aliphatic heterocycles. The molecule has 108 valence electrons. The molecule has 0 saturated heterocycles. The van der Waals surface area contributed by atoms with E-state index < -0.39 is 0 Å². The predicted octanol–water partition coefficient (Wildman–Crippen LogP) is 1.33. The highest BCUT2D eigenvalue weighted by molar-refractivity contribution is 7.14. The van der Waals surface area contributed by atoms with Gasteiger partial charge in [-0.1, -0.05) is 11.8 Å². The van der Waals surface area contributed by atoms with Crippen molar-refractivity contribution in [2.45, 2.75) is 19.5 Å². The number of fused-ring (bicyclic) bond motifs is 1. The number of hydrogen-bond donors (Lipinski definition) is 1. The van der Waals surface area contributed by atoms with E-state index in [4.69, 9.17) is 5.11 Å². The van der Waals surface area contributed by atoms with Crippen LogP contribution in [-0.2, 0) is 13.1 Å². The number of imidazole rings is 1. The number of amides is 1. The molecule has 21 heavy (non-hydrogen) atoms. The summed E-state index contributed by atoms with van der Waals surface area (Å²) in [5, 5.41) is 8.70. The van der Waals surface area contributed by atoms with Gasteiger partial charge in [0.05, 0.1) is 22.9 Å². The number of aromatic nitrogens is 2. The molecule has 2 aromatic heterocycles.